The fourth-order valence-electron chi connectivity index (χ4n) is 2.80. The van der Waals surface area contributed by atoms with E-state index in [0.29, 0.717) is 6.61 Å². The van der Waals surface area contributed by atoms with Crippen molar-refractivity contribution in [1.29, 1.82) is 0 Å². The lowest BCUT2D eigenvalue weighted by molar-refractivity contribution is -0.277. The molecule has 1 aromatic carbocycles. The Hall–Kier alpha value is -0.793. The molecule has 5 atom stereocenters. The van der Waals surface area contributed by atoms with Gasteiger partial charge < -0.3 is 18.6 Å². The number of benzene rings is 1. The minimum Gasteiger partial charge on any atom is -0.408 e. The Balaban J connectivity index is 2.20. The van der Waals surface area contributed by atoms with Gasteiger partial charge in [-0.3, -0.25) is 0 Å². The van der Waals surface area contributed by atoms with Gasteiger partial charge in [0, 0.05) is 7.11 Å². The quantitative estimate of drug-likeness (QED) is 0.667. The molecule has 26 heavy (non-hydrogen) atoms. The molecule has 6 heteroatoms. The van der Waals surface area contributed by atoms with Crippen LogP contribution >= 0.6 is 0 Å². The monoisotopic (exact) mass is 384 g/mol. The second kappa shape index (κ2) is 8.48. The van der Waals surface area contributed by atoms with Crippen molar-refractivity contribution >= 4 is 8.32 Å². The van der Waals surface area contributed by atoms with Crippen LogP contribution in [0.4, 0.5) is 4.39 Å². The Labute approximate surface area is 158 Å². The largest absolute Gasteiger partial charge is 0.408 e. The average molecular weight is 385 g/mol. The summed E-state index contributed by atoms with van der Waals surface area (Å²) < 4.78 is 38.6. The standard InChI is InChI=1S/C20H33FO4Si/c1-14-17(23-13-15-11-9-8-10-12-15)18(16(21)19(22-5)24-14)25-26(6,7)20(2,3)4/h8-12,14,16-19H,13H2,1-7H3/t14-,16+,17+,18-,19+/m0/s1. The Bertz CT molecular complexity index is 561. The lowest BCUT2D eigenvalue weighted by Crippen LogP contribution is -2.61. The van der Waals surface area contributed by atoms with Crippen LogP contribution in [-0.2, 0) is 25.2 Å². The van der Waals surface area contributed by atoms with Crippen LogP contribution in [0.3, 0.4) is 0 Å². The van der Waals surface area contributed by atoms with Gasteiger partial charge >= 0.3 is 0 Å². The first-order valence-electron chi connectivity index (χ1n) is 9.22. The topological polar surface area (TPSA) is 36.9 Å². The number of halogens is 1. The summed E-state index contributed by atoms with van der Waals surface area (Å²) in [5, 5.41) is -0.0270. The Kier molecular flexibility index (Phi) is 7.02. The van der Waals surface area contributed by atoms with Crippen molar-refractivity contribution in [3.63, 3.8) is 0 Å². The molecule has 0 aliphatic carbocycles. The third-order valence-corrected chi connectivity index (χ3v) is 9.94. The van der Waals surface area contributed by atoms with E-state index in [1.54, 1.807) is 0 Å². The zero-order valence-corrected chi connectivity index (χ0v) is 18.0. The van der Waals surface area contributed by atoms with Crippen LogP contribution in [0.5, 0.6) is 0 Å². The normalized spacial score (nSPS) is 30.4. The maximum atomic E-state index is 15.1. The van der Waals surface area contributed by atoms with Gasteiger partial charge in [0.25, 0.3) is 0 Å². The molecule has 0 bridgehead atoms. The molecule has 0 N–H and O–H groups in total. The zero-order chi connectivity index (χ0) is 19.5. The highest BCUT2D eigenvalue weighted by Crippen LogP contribution is 2.40. The van der Waals surface area contributed by atoms with Gasteiger partial charge in [-0.1, -0.05) is 51.1 Å². The fourth-order valence-corrected chi connectivity index (χ4v) is 4.10. The van der Waals surface area contributed by atoms with Crippen molar-refractivity contribution in [3.8, 4) is 0 Å². The van der Waals surface area contributed by atoms with Gasteiger partial charge in [-0.15, -0.1) is 0 Å². The zero-order valence-electron chi connectivity index (χ0n) is 17.0. The lowest BCUT2D eigenvalue weighted by atomic mass is 10.0. The molecule has 1 aliphatic rings. The smallest absolute Gasteiger partial charge is 0.192 e. The first-order chi connectivity index (χ1) is 12.1. The van der Waals surface area contributed by atoms with E-state index in [1.165, 1.54) is 7.11 Å². The first kappa shape index (κ1) is 21.5. The second-order valence-electron chi connectivity index (χ2n) is 8.49. The average Bonchev–Trinajstić information content (AvgIpc) is 2.57. The lowest BCUT2D eigenvalue weighted by Gasteiger charge is -2.47. The number of hydrogen-bond donors (Lipinski definition) is 0. The van der Waals surface area contributed by atoms with E-state index in [-0.39, 0.29) is 11.1 Å². The van der Waals surface area contributed by atoms with E-state index in [0.717, 1.165) is 5.56 Å². The summed E-state index contributed by atoms with van der Waals surface area (Å²) in [6.07, 6.45) is -3.87. The SMILES string of the molecule is CO[C@@H]1O[C@@H](C)[C@@H](OCc2ccccc2)[C@@H](O[Si](C)(C)C(C)(C)C)[C@H]1F. The number of rotatable bonds is 6. The van der Waals surface area contributed by atoms with Gasteiger partial charge in [0.05, 0.1) is 12.7 Å². The summed E-state index contributed by atoms with van der Waals surface area (Å²) in [6.45, 7) is 12.9. The summed E-state index contributed by atoms with van der Waals surface area (Å²) in [5.74, 6) is 0. The molecule has 2 rings (SSSR count). The van der Waals surface area contributed by atoms with Crippen molar-refractivity contribution in [1.82, 2.24) is 0 Å². The van der Waals surface area contributed by atoms with Gasteiger partial charge in [0.1, 0.15) is 12.2 Å². The highest BCUT2D eigenvalue weighted by Gasteiger charge is 2.50. The van der Waals surface area contributed by atoms with Crippen LogP contribution in [0.15, 0.2) is 30.3 Å². The van der Waals surface area contributed by atoms with E-state index in [1.807, 2.05) is 37.3 Å². The molecule has 1 heterocycles. The van der Waals surface area contributed by atoms with Crippen molar-refractivity contribution in [2.75, 3.05) is 7.11 Å². The Morgan fingerprint density at radius 3 is 2.27 bits per heavy atom. The van der Waals surface area contributed by atoms with Crippen molar-refractivity contribution in [3.05, 3.63) is 35.9 Å². The van der Waals surface area contributed by atoms with Crippen LogP contribution < -0.4 is 0 Å². The molecule has 1 aliphatic heterocycles. The third-order valence-electron chi connectivity index (χ3n) is 5.46. The minimum atomic E-state index is -2.19. The summed E-state index contributed by atoms with van der Waals surface area (Å²) in [6, 6.07) is 9.86. The summed E-state index contributed by atoms with van der Waals surface area (Å²) in [4.78, 5) is 0. The number of alkyl halides is 1. The maximum absolute atomic E-state index is 15.1. The number of hydrogen-bond acceptors (Lipinski definition) is 4. The molecule has 148 valence electrons. The van der Waals surface area contributed by atoms with Crippen molar-refractivity contribution < 1.29 is 23.0 Å². The third kappa shape index (κ3) is 4.92. The van der Waals surface area contributed by atoms with E-state index >= 15 is 4.39 Å². The summed E-state index contributed by atoms with van der Waals surface area (Å²) in [7, 11) is -0.730. The van der Waals surface area contributed by atoms with E-state index < -0.39 is 33.0 Å². The van der Waals surface area contributed by atoms with Crippen molar-refractivity contribution in [2.24, 2.45) is 0 Å². The Morgan fingerprint density at radius 1 is 1.12 bits per heavy atom. The summed E-state index contributed by atoms with van der Waals surface area (Å²) >= 11 is 0. The second-order valence-corrected chi connectivity index (χ2v) is 13.3. The van der Waals surface area contributed by atoms with E-state index in [4.69, 9.17) is 18.6 Å². The van der Waals surface area contributed by atoms with E-state index in [9.17, 15) is 0 Å². The molecular formula is C20H33FO4Si. The molecule has 0 unspecified atom stereocenters. The first-order valence-corrected chi connectivity index (χ1v) is 12.1. The van der Waals surface area contributed by atoms with Gasteiger partial charge in [0.15, 0.2) is 20.8 Å². The van der Waals surface area contributed by atoms with Crippen LogP contribution in [0, 0.1) is 0 Å². The highest BCUT2D eigenvalue weighted by atomic mass is 28.4. The molecule has 1 fully saturated rings. The van der Waals surface area contributed by atoms with Crippen LogP contribution in [0.25, 0.3) is 0 Å². The van der Waals surface area contributed by atoms with Gasteiger partial charge in [0.2, 0.25) is 0 Å². The summed E-state index contributed by atoms with van der Waals surface area (Å²) in [5.41, 5.74) is 1.04. The molecule has 0 spiro atoms. The molecule has 4 nitrogen and oxygen atoms in total. The highest BCUT2D eigenvalue weighted by molar-refractivity contribution is 6.74. The number of ether oxygens (including phenoxy) is 3. The predicted molar refractivity (Wildman–Crippen MR) is 103 cm³/mol. The van der Waals surface area contributed by atoms with Gasteiger partial charge in [-0.2, -0.15) is 0 Å². The molecule has 0 radical (unpaired) electrons. The maximum Gasteiger partial charge on any atom is 0.192 e. The number of methoxy groups -OCH3 is 1. The van der Waals surface area contributed by atoms with Crippen LogP contribution in [-0.4, -0.2) is 46.2 Å². The van der Waals surface area contributed by atoms with Crippen LogP contribution in [0.2, 0.25) is 18.1 Å². The fraction of sp³-hybridized carbons (Fsp3) is 0.700. The molecule has 1 saturated heterocycles. The molecule has 1 aromatic rings. The van der Waals surface area contributed by atoms with Crippen molar-refractivity contribution in [2.45, 2.75) is 83.2 Å². The molecule has 0 saturated carbocycles. The molecule has 0 amide bonds. The van der Waals surface area contributed by atoms with Crippen LogP contribution in [0.1, 0.15) is 33.3 Å². The Morgan fingerprint density at radius 2 is 1.73 bits per heavy atom. The van der Waals surface area contributed by atoms with Gasteiger partial charge in [-0.25, -0.2) is 4.39 Å². The minimum absolute atomic E-state index is 0.0270. The predicted octanol–water partition coefficient (Wildman–Crippen LogP) is 4.69. The van der Waals surface area contributed by atoms with Gasteiger partial charge in [-0.05, 0) is 30.6 Å². The van der Waals surface area contributed by atoms with E-state index in [2.05, 4.69) is 33.9 Å². The molecule has 0 aromatic heterocycles. The molecular weight excluding hydrogens is 351 g/mol.